The highest BCUT2D eigenvalue weighted by Gasteiger charge is 2.17. The summed E-state index contributed by atoms with van der Waals surface area (Å²) in [7, 11) is -3.98. The van der Waals surface area contributed by atoms with E-state index in [9.17, 15) is 18.0 Å². The average Bonchev–Trinajstić information content (AvgIpc) is 2.92. The molecule has 0 bridgehead atoms. The van der Waals surface area contributed by atoms with Crippen LogP contribution in [-0.4, -0.2) is 31.9 Å². The predicted octanol–water partition coefficient (Wildman–Crippen LogP) is 1.20. The van der Waals surface area contributed by atoms with Crippen molar-refractivity contribution >= 4 is 27.6 Å². The first kappa shape index (κ1) is 16.7. The summed E-state index contributed by atoms with van der Waals surface area (Å²) in [5.41, 5.74) is 0.238. The van der Waals surface area contributed by atoms with E-state index in [-0.39, 0.29) is 16.3 Å². The number of carboxylic acid groups (broad SMARTS) is 1. The van der Waals surface area contributed by atoms with Crippen LogP contribution in [0.25, 0.3) is 0 Å². The summed E-state index contributed by atoms with van der Waals surface area (Å²) in [6.07, 6.45) is 0. The number of hydrogen-bond acceptors (Lipinski definition) is 5. The van der Waals surface area contributed by atoms with Gasteiger partial charge in [-0.3, -0.25) is 9.59 Å². The van der Waals surface area contributed by atoms with Gasteiger partial charge in [-0.15, -0.1) is 0 Å². The van der Waals surface area contributed by atoms with Gasteiger partial charge in [0.25, 0.3) is 5.91 Å². The predicted molar refractivity (Wildman–Crippen MR) is 80.7 cm³/mol. The van der Waals surface area contributed by atoms with Crippen LogP contribution in [0.4, 0.5) is 5.69 Å². The molecule has 0 radical (unpaired) electrons. The molecule has 1 aromatic carbocycles. The van der Waals surface area contributed by atoms with Crippen LogP contribution < -0.4 is 10.0 Å². The number of amides is 1. The highest BCUT2D eigenvalue weighted by Crippen LogP contribution is 2.17. The zero-order valence-electron chi connectivity index (χ0n) is 12.1. The molecule has 1 amide bonds. The second-order valence-corrected chi connectivity index (χ2v) is 6.38. The lowest BCUT2D eigenvalue weighted by Gasteiger charge is -2.07. The number of benzene rings is 1. The Bertz CT molecular complexity index is 840. The molecule has 1 aromatic heterocycles. The van der Waals surface area contributed by atoms with E-state index in [1.807, 2.05) is 4.72 Å². The van der Waals surface area contributed by atoms with Crippen LogP contribution in [0.1, 0.15) is 16.3 Å². The molecule has 0 fully saturated rings. The first-order valence-electron chi connectivity index (χ1n) is 6.47. The maximum absolute atomic E-state index is 12.0. The molecule has 0 aliphatic rings. The van der Waals surface area contributed by atoms with Gasteiger partial charge in [0.15, 0.2) is 5.76 Å². The monoisotopic (exact) mass is 338 g/mol. The second-order valence-electron chi connectivity index (χ2n) is 4.61. The highest BCUT2D eigenvalue weighted by atomic mass is 32.2. The van der Waals surface area contributed by atoms with Crippen LogP contribution in [0.2, 0.25) is 0 Å². The highest BCUT2D eigenvalue weighted by molar-refractivity contribution is 7.89. The van der Waals surface area contributed by atoms with Gasteiger partial charge in [-0.25, -0.2) is 8.42 Å². The second kappa shape index (κ2) is 6.63. The topological polar surface area (TPSA) is 126 Å². The lowest BCUT2D eigenvalue weighted by molar-refractivity contribution is -0.135. The number of nitrogens with one attached hydrogen (secondary N) is 2. The molecule has 2 aromatic rings. The van der Waals surface area contributed by atoms with Gasteiger partial charge in [-0.2, -0.15) is 4.72 Å². The molecule has 0 aliphatic carbocycles. The van der Waals surface area contributed by atoms with Gasteiger partial charge < -0.3 is 14.8 Å². The first-order chi connectivity index (χ1) is 10.8. The van der Waals surface area contributed by atoms with Gasteiger partial charge in [0.05, 0.1) is 4.90 Å². The minimum absolute atomic E-state index is 0.0970. The largest absolute Gasteiger partial charge is 0.480 e. The van der Waals surface area contributed by atoms with Gasteiger partial charge in [-0.05, 0) is 37.3 Å². The Labute approximate surface area is 132 Å². The molecule has 0 aliphatic heterocycles. The van der Waals surface area contributed by atoms with E-state index in [1.54, 1.807) is 13.0 Å². The molecular weight excluding hydrogens is 324 g/mol. The molecule has 9 heteroatoms. The average molecular weight is 338 g/mol. The van der Waals surface area contributed by atoms with Gasteiger partial charge in [0, 0.05) is 5.69 Å². The van der Waals surface area contributed by atoms with Crippen LogP contribution in [0.15, 0.2) is 45.7 Å². The number of aliphatic carboxylic acids is 1. The molecule has 122 valence electrons. The third-order valence-corrected chi connectivity index (χ3v) is 4.18. The lowest BCUT2D eigenvalue weighted by Crippen LogP contribution is -2.29. The molecule has 2 rings (SSSR count). The number of carboxylic acids is 1. The minimum Gasteiger partial charge on any atom is -0.480 e. The Morgan fingerprint density at radius 3 is 2.57 bits per heavy atom. The summed E-state index contributed by atoms with van der Waals surface area (Å²) in [5.74, 6) is -1.15. The molecule has 3 N–H and O–H groups in total. The minimum atomic E-state index is -3.98. The van der Waals surface area contributed by atoms with E-state index in [1.165, 1.54) is 30.3 Å². The van der Waals surface area contributed by atoms with E-state index < -0.39 is 28.4 Å². The number of anilines is 1. The molecule has 1 heterocycles. The summed E-state index contributed by atoms with van der Waals surface area (Å²) >= 11 is 0. The fraction of sp³-hybridized carbons (Fsp3) is 0.143. The first-order valence-corrected chi connectivity index (χ1v) is 7.95. The van der Waals surface area contributed by atoms with Crippen molar-refractivity contribution in [3.8, 4) is 0 Å². The standard InChI is InChI=1S/C14H14N2O6S/c1-9-5-6-12(22-9)14(19)16-10-3-2-4-11(7-10)23(20,21)15-8-13(17)18/h2-7,15H,8H2,1H3,(H,16,19)(H,17,18). The van der Waals surface area contributed by atoms with Crippen molar-refractivity contribution in [2.45, 2.75) is 11.8 Å². The van der Waals surface area contributed by atoms with Gasteiger partial charge in [0.1, 0.15) is 12.3 Å². The number of rotatable bonds is 6. The molecule has 0 saturated heterocycles. The molecule has 23 heavy (non-hydrogen) atoms. The molecule has 0 saturated carbocycles. The van der Waals surface area contributed by atoms with E-state index >= 15 is 0 Å². The van der Waals surface area contributed by atoms with Crippen LogP contribution >= 0.6 is 0 Å². The Balaban J connectivity index is 2.16. The third-order valence-electron chi connectivity index (χ3n) is 2.78. The number of hydrogen-bond donors (Lipinski definition) is 3. The van der Waals surface area contributed by atoms with Crippen molar-refractivity contribution in [3.63, 3.8) is 0 Å². The fourth-order valence-corrected chi connectivity index (χ4v) is 2.75. The van der Waals surface area contributed by atoms with Crippen LogP contribution in [0, 0.1) is 6.92 Å². The van der Waals surface area contributed by atoms with Crippen molar-refractivity contribution in [3.05, 3.63) is 47.9 Å². The molecular formula is C14H14N2O6S. The van der Waals surface area contributed by atoms with Crippen LogP contribution in [-0.2, 0) is 14.8 Å². The maximum atomic E-state index is 12.0. The van der Waals surface area contributed by atoms with E-state index in [4.69, 9.17) is 9.52 Å². The summed E-state index contributed by atoms with van der Waals surface area (Å²) in [6, 6.07) is 8.57. The van der Waals surface area contributed by atoms with Crippen molar-refractivity contribution < 1.29 is 27.5 Å². The summed E-state index contributed by atoms with van der Waals surface area (Å²) in [5, 5.41) is 11.0. The lowest BCUT2D eigenvalue weighted by atomic mass is 10.3. The van der Waals surface area contributed by atoms with Crippen molar-refractivity contribution in [2.24, 2.45) is 0 Å². The Morgan fingerprint density at radius 1 is 1.22 bits per heavy atom. The molecule has 8 nitrogen and oxygen atoms in total. The smallest absolute Gasteiger partial charge is 0.318 e. The number of aryl methyl sites for hydroxylation is 1. The van der Waals surface area contributed by atoms with Crippen molar-refractivity contribution in [1.82, 2.24) is 4.72 Å². The molecule has 0 spiro atoms. The number of sulfonamides is 1. The zero-order chi connectivity index (χ0) is 17.0. The quantitative estimate of drug-likeness (QED) is 0.726. The Hall–Kier alpha value is -2.65. The van der Waals surface area contributed by atoms with Gasteiger partial charge in [0.2, 0.25) is 10.0 Å². The van der Waals surface area contributed by atoms with Crippen molar-refractivity contribution in [1.29, 1.82) is 0 Å². The summed E-state index contributed by atoms with van der Waals surface area (Å²) in [6.45, 7) is 0.961. The SMILES string of the molecule is Cc1ccc(C(=O)Nc2cccc(S(=O)(=O)NCC(=O)O)c2)o1. The normalized spacial score (nSPS) is 11.2. The summed E-state index contributed by atoms with van der Waals surface area (Å²) < 4.78 is 31.0. The van der Waals surface area contributed by atoms with E-state index in [0.717, 1.165) is 0 Å². The third kappa shape index (κ3) is 4.41. The maximum Gasteiger partial charge on any atom is 0.318 e. The van der Waals surface area contributed by atoms with Gasteiger partial charge >= 0.3 is 5.97 Å². The molecule has 0 unspecified atom stereocenters. The van der Waals surface area contributed by atoms with Crippen molar-refractivity contribution in [2.75, 3.05) is 11.9 Å². The fourth-order valence-electron chi connectivity index (χ4n) is 1.73. The number of furan rings is 1. The van der Waals surface area contributed by atoms with Crippen LogP contribution in [0.3, 0.4) is 0 Å². The molecule has 0 atom stereocenters. The number of carbonyl (C=O) groups excluding carboxylic acids is 1. The van der Waals surface area contributed by atoms with Gasteiger partial charge in [-0.1, -0.05) is 6.07 Å². The Kier molecular flexibility index (Phi) is 4.82. The van der Waals surface area contributed by atoms with Crippen LogP contribution in [0.5, 0.6) is 0 Å². The van der Waals surface area contributed by atoms with E-state index in [0.29, 0.717) is 5.76 Å². The Morgan fingerprint density at radius 2 is 1.96 bits per heavy atom. The number of carbonyl (C=O) groups is 2. The summed E-state index contributed by atoms with van der Waals surface area (Å²) in [4.78, 5) is 22.2. The van der Waals surface area contributed by atoms with E-state index in [2.05, 4.69) is 5.32 Å². The zero-order valence-corrected chi connectivity index (χ0v) is 12.9.